The molecule has 0 aliphatic rings. The lowest BCUT2D eigenvalue weighted by Gasteiger charge is -2.07. The van der Waals surface area contributed by atoms with Gasteiger partial charge in [-0.3, -0.25) is 4.79 Å². The third-order valence-electron chi connectivity index (χ3n) is 2.36. The van der Waals surface area contributed by atoms with Crippen LogP contribution >= 0.6 is 15.9 Å². The lowest BCUT2D eigenvalue weighted by atomic mass is 10.1. The summed E-state index contributed by atoms with van der Waals surface area (Å²) in [4.78, 5) is 14.2. The number of nitrogens with one attached hydrogen (secondary N) is 1. The number of halogens is 1. The zero-order chi connectivity index (χ0) is 11.5. The number of H-pyrrole nitrogens is 1. The molecule has 0 atom stereocenters. The van der Waals surface area contributed by atoms with Gasteiger partial charge >= 0.3 is 0 Å². The minimum Gasteiger partial charge on any atom is -0.494 e. The first-order chi connectivity index (χ1) is 7.74. The maximum atomic E-state index is 11.4. The van der Waals surface area contributed by atoms with Crippen LogP contribution in [0.25, 0.3) is 10.9 Å². The van der Waals surface area contributed by atoms with E-state index in [1.54, 1.807) is 6.07 Å². The molecule has 4 heteroatoms. The number of rotatable bonds is 3. The maximum Gasteiger partial charge on any atom is 0.248 e. The zero-order valence-electron chi connectivity index (χ0n) is 8.92. The van der Waals surface area contributed by atoms with E-state index >= 15 is 0 Å². The van der Waals surface area contributed by atoms with Crippen molar-refractivity contribution >= 4 is 26.8 Å². The fourth-order valence-electron chi connectivity index (χ4n) is 1.67. The van der Waals surface area contributed by atoms with E-state index in [0.29, 0.717) is 11.9 Å². The molecule has 0 bridgehead atoms. The standard InChI is InChI=1S/C12H12BrNO2/c1-2-16-9-3-4-11-10(6-9)8(7-13)5-12(15)14-11/h3-6H,2,7H2,1H3,(H,14,15). The van der Waals surface area contributed by atoms with Gasteiger partial charge in [0.15, 0.2) is 0 Å². The zero-order valence-corrected chi connectivity index (χ0v) is 10.5. The van der Waals surface area contributed by atoms with Gasteiger partial charge in [-0.25, -0.2) is 0 Å². The van der Waals surface area contributed by atoms with Crippen LogP contribution in [0.5, 0.6) is 5.75 Å². The number of benzene rings is 1. The van der Waals surface area contributed by atoms with Gasteiger partial charge in [0, 0.05) is 22.3 Å². The molecule has 1 heterocycles. The van der Waals surface area contributed by atoms with Crippen molar-refractivity contribution in [3.63, 3.8) is 0 Å². The molecule has 0 fully saturated rings. The molecule has 2 aromatic rings. The molecule has 0 aliphatic carbocycles. The Balaban J connectivity index is 2.66. The van der Waals surface area contributed by atoms with Gasteiger partial charge in [0.2, 0.25) is 5.56 Å². The molecule has 1 N–H and O–H groups in total. The minimum absolute atomic E-state index is 0.0777. The maximum absolute atomic E-state index is 11.4. The number of alkyl halides is 1. The average Bonchev–Trinajstić information content (AvgIpc) is 2.29. The number of fused-ring (bicyclic) bond motifs is 1. The summed E-state index contributed by atoms with van der Waals surface area (Å²) in [5, 5.41) is 1.67. The van der Waals surface area contributed by atoms with Crippen LogP contribution in [0.15, 0.2) is 29.1 Å². The van der Waals surface area contributed by atoms with Crippen molar-refractivity contribution in [3.05, 3.63) is 40.2 Å². The Morgan fingerprint density at radius 1 is 1.38 bits per heavy atom. The Morgan fingerprint density at radius 3 is 2.88 bits per heavy atom. The number of pyridine rings is 1. The van der Waals surface area contributed by atoms with E-state index in [1.165, 1.54) is 0 Å². The fourth-order valence-corrected chi connectivity index (χ4v) is 2.13. The number of aromatic amines is 1. The molecule has 0 radical (unpaired) electrons. The monoisotopic (exact) mass is 281 g/mol. The largest absolute Gasteiger partial charge is 0.494 e. The lowest BCUT2D eigenvalue weighted by molar-refractivity contribution is 0.340. The van der Waals surface area contributed by atoms with Crippen LogP contribution in [0.2, 0.25) is 0 Å². The van der Waals surface area contributed by atoms with Gasteiger partial charge in [0.05, 0.1) is 6.61 Å². The van der Waals surface area contributed by atoms with Crippen molar-refractivity contribution in [1.82, 2.24) is 4.98 Å². The van der Waals surface area contributed by atoms with Crippen molar-refractivity contribution in [2.24, 2.45) is 0 Å². The molecule has 84 valence electrons. The molecule has 0 saturated heterocycles. The van der Waals surface area contributed by atoms with Crippen LogP contribution in [0, 0.1) is 0 Å². The molecule has 3 nitrogen and oxygen atoms in total. The molecule has 0 unspecified atom stereocenters. The number of aromatic nitrogens is 1. The third-order valence-corrected chi connectivity index (χ3v) is 2.96. The summed E-state index contributed by atoms with van der Waals surface area (Å²) in [5.74, 6) is 0.823. The molecule has 1 aromatic heterocycles. The van der Waals surface area contributed by atoms with Crippen LogP contribution in [0.4, 0.5) is 0 Å². The summed E-state index contributed by atoms with van der Waals surface area (Å²) in [6.07, 6.45) is 0. The van der Waals surface area contributed by atoms with Crippen LogP contribution in [-0.4, -0.2) is 11.6 Å². The first kappa shape index (κ1) is 11.2. The van der Waals surface area contributed by atoms with E-state index < -0.39 is 0 Å². The predicted molar refractivity (Wildman–Crippen MR) is 68.4 cm³/mol. The van der Waals surface area contributed by atoms with Gasteiger partial charge in [-0.05, 0) is 30.7 Å². The Hall–Kier alpha value is -1.29. The Bertz CT molecular complexity index is 562. The predicted octanol–water partition coefficient (Wildman–Crippen LogP) is 2.82. The second-order valence-corrected chi connectivity index (χ2v) is 3.99. The highest BCUT2D eigenvalue weighted by Gasteiger charge is 2.03. The second kappa shape index (κ2) is 4.70. The highest BCUT2D eigenvalue weighted by molar-refractivity contribution is 9.08. The summed E-state index contributed by atoms with van der Waals surface area (Å²) >= 11 is 3.38. The van der Waals surface area contributed by atoms with Crippen molar-refractivity contribution < 1.29 is 4.74 Å². The van der Waals surface area contributed by atoms with Gasteiger partial charge in [0.1, 0.15) is 5.75 Å². The fraction of sp³-hybridized carbons (Fsp3) is 0.250. The first-order valence-electron chi connectivity index (χ1n) is 5.09. The molecule has 2 rings (SSSR count). The first-order valence-corrected chi connectivity index (χ1v) is 6.21. The van der Waals surface area contributed by atoms with E-state index in [-0.39, 0.29) is 5.56 Å². The summed E-state index contributed by atoms with van der Waals surface area (Å²) in [7, 11) is 0. The van der Waals surface area contributed by atoms with E-state index in [2.05, 4.69) is 20.9 Å². The SMILES string of the molecule is CCOc1ccc2[nH]c(=O)cc(CBr)c2c1. The number of hydrogen-bond acceptors (Lipinski definition) is 2. The molecule has 0 saturated carbocycles. The Kier molecular flexibility index (Phi) is 3.29. The topological polar surface area (TPSA) is 42.1 Å². The van der Waals surface area contributed by atoms with Gasteiger partial charge in [-0.1, -0.05) is 15.9 Å². The molecule has 16 heavy (non-hydrogen) atoms. The molecule has 0 amide bonds. The van der Waals surface area contributed by atoms with Crippen molar-refractivity contribution in [3.8, 4) is 5.75 Å². The minimum atomic E-state index is -0.0777. The van der Waals surface area contributed by atoms with Gasteiger partial charge < -0.3 is 9.72 Å². The van der Waals surface area contributed by atoms with E-state index in [1.807, 2.05) is 25.1 Å². The van der Waals surface area contributed by atoms with E-state index in [4.69, 9.17) is 4.74 Å². The average molecular weight is 282 g/mol. The highest BCUT2D eigenvalue weighted by Crippen LogP contribution is 2.22. The van der Waals surface area contributed by atoms with E-state index in [9.17, 15) is 4.79 Å². The van der Waals surface area contributed by atoms with Crippen molar-refractivity contribution in [2.75, 3.05) is 6.61 Å². The number of ether oxygens (including phenoxy) is 1. The Morgan fingerprint density at radius 2 is 2.19 bits per heavy atom. The highest BCUT2D eigenvalue weighted by atomic mass is 79.9. The van der Waals surface area contributed by atoms with Crippen LogP contribution in [0.3, 0.4) is 0 Å². The number of hydrogen-bond donors (Lipinski definition) is 1. The summed E-state index contributed by atoms with van der Waals surface area (Å²) in [6, 6.07) is 7.28. The molecule has 0 spiro atoms. The van der Waals surface area contributed by atoms with Gasteiger partial charge in [0.25, 0.3) is 0 Å². The normalized spacial score (nSPS) is 10.6. The lowest BCUT2D eigenvalue weighted by Crippen LogP contribution is -2.05. The van der Waals surface area contributed by atoms with Gasteiger partial charge in [-0.2, -0.15) is 0 Å². The van der Waals surface area contributed by atoms with Crippen LogP contribution < -0.4 is 10.3 Å². The third kappa shape index (κ3) is 2.11. The smallest absolute Gasteiger partial charge is 0.248 e. The summed E-state index contributed by atoms with van der Waals surface area (Å²) in [5.41, 5.74) is 1.73. The van der Waals surface area contributed by atoms with Crippen molar-refractivity contribution in [1.29, 1.82) is 0 Å². The molecular formula is C12H12BrNO2. The van der Waals surface area contributed by atoms with E-state index in [0.717, 1.165) is 22.2 Å². The summed E-state index contributed by atoms with van der Waals surface area (Å²) in [6.45, 7) is 2.58. The summed E-state index contributed by atoms with van der Waals surface area (Å²) < 4.78 is 5.44. The van der Waals surface area contributed by atoms with Crippen LogP contribution in [-0.2, 0) is 5.33 Å². The van der Waals surface area contributed by atoms with Crippen LogP contribution in [0.1, 0.15) is 12.5 Å². The second-order valence-electron chi connectivity index (χ2n) is 3.43. The molecule has 1 aromatic carbocycles. The van der Waals surface area contributed by atoms with Gasteiger partial charge in [-0.15, -0.1) is 0 Å². The Labute approximate surface area is 102 Å². The van der Waals surface area contributed by atoms with Crippen molar-refractivity contribution in [2.45, 2.75) is 12.3 Å². The molecular weight excluding hydrogens is 270 g/mol. The molecule has 0 aliphatic heterocycles. The quantitative estimate of drug-likeness (QED) is 0.879.